The summed E-state index contributed by atoms with van der Waals surface area (Å²) >= 11 is 1.42. The van der Waals surface area contributed by atoms with Crippen LogP contribution < -0.4 is 5.32 Å². The van der Waals surface area contributed by atoms with Gasteiger partial charge in [-0.2, -0.15) is 0 Å². The zero-order valence-corrected chi connectivity index (χ0v) is 18.8. The summed E-state index contributed by atoms with van der Waals surface area (Å²) in [6.45, 7) is 11.8. The summed E-state index contributed by atoms with van der Waals surface area (Å²) in [5, 5.41) is 12.1. The smallest absolute Gasteiger partial charge is 0.230 e. The van der Waals surface area contributed by atoms with Gasteiger partial charge in [0, 0.05) is 18.3 Å². The van der Waals surface area contributed by atoms with E-state index >= 15 is 0 Å². The fourth-order valence-electron chi connectivity index (χ4n) is 3.75. The first-order valence-electron chi connectivity index (χ1n) is 10.5. The zero-order valence-electron chi connectivity index (χ0n) is 18.0. The number of carbonyl (C=O) groups is 1. The molecule has 0 aliphatic carbocycles. The Morgan fingerprint density at radius 1 is 1.24 bits per heavy atom. The maximum Gasteiger partial charge on any atom is 0.230 e. The minimum absolute atomic E-state index is 0.0458. The number of piperidine rings is 1. The molecule has 158 valence electrons. The van der Waals surface area contributed by atoms with Crippen LogP contribution in [0.4, 0.5) is 0 Å². The Labute approximate surface area is 178 Å². The first-order valence-corrected chi connectivity index (χ1v) is 11.5. The molecule has 7 heteroatoms. The molecule has 3 rings (SSSR count). The van der Waals surface area contributed by atoms with Gasteiger partial charge in [-0.15, -0.1) is 10.2 Å². The van der Waals surface area contributed by atoms with Crippen molar-refractivity contribution < 1.29 is 4.79 Å². The Morgan fingerprint density at radius 3 is 2.59 bits per heavy atom. The first kappa shape index (κ1) is 21.8. The largest absolute Gasteiger partial charge is 0.354 e. The van der Waals surface area contributed by atoms with Gasteiger partial charge in [-0.05, 0) is 56.8 Å². The van der Waals surface area contributed by atoms with E-state index in [1.54, 1.807) is 6.33 Å². The van der Waals surface area contributed by atoms with Crippen LogP contribution in [0.15, 0.2) is 35.7 Å². The Hall–Kier alpha value is -1.86. The summed E-state index contributed by atoms with van der Waals surface area (Å²) in [6.07, 6.45) is 4.19. The van der Waals surface area contributed by atoms with E-state index in [1.807, 2.05) is 16.7 Å². The van der Waals surface area contributed by atoms with E-state index in [2.05, 4.69) is 60.2 Å². The number of nitrogens with zero attached hydrogens (tertiary/aromatic N) is 4. The molecule has 0 saturated carbocycles. The number of aryl methyl sites for hydroxylation is 1. The summed E-state index contributed by atoms with van der Waals surface area (Å²) in [6, 6.07) is 8.59. The van der Waals surface area contributed by atoms with Crippen molar-refractivity contribution in [3.05, 3.63) is 36.2 Å². The number of thioether (sulfide) groups is 1. The third-order valence-electron chi connectivity index (χ3n) is 5.73. The standard InChI is InChI=1S/C22H33N5OS/c1-16(2)20(26-11-9-18(4)10-12-26)13-23-21(28)14-29-22-25-24-15-27(22)19-7-5-17(3)6-8-19/h5-8,15-16,18,20H,9-14H2,1-4H3,(H,23,28)/t20-/m1/s1. The lowest BCUT2D eigenvalue weighted by atomic mass is 9.94. The van der Waals surface area contributed by atoms with Crippen LogP contribution in [0, 0.1) is 18.8 Å². The summed E-state index contributed by atoms with van der Waals surface area (Å²) in [4.78, 5) is 15.0. The average molecular weight is 416 g/mol. The second-order valence-electron chi connectivity index (χ2n) is 8.44. The summed E-state index contributed by atoms with van der Waals surface area (Å²) in [5.74, 6) is 1.72. The highest BCUT2D eigenvalue weighted by Crippen LogP contribution is 2.22. The molecule has 2 heterocycles. The SMILES string of the molecule is Cc1ccc(-n2cnnc2SCC(=O)NC[C@H](C(C)C)N2CCC(C)CC2)cc1. The van der Waals surface area contributed by atoms with Crippen LogP contribution >= 0.6 is 11.8 Å². The molecule has 1 aliphatic rings. The third-order valence-corrected chi connectivity index (χ3v) is 6.67. The van der Waals surface area contributed by atoms with Gasteiger partial charge in [0.05, 0.1) is 5.75 Å². The summed E-state index contributed by atoms with van der Waals surface area (Å²) < 4.78 is 1.92. The number of carbonyl (C=O) groups excluding carboxylic acids is 1. The van der Waals surface area contributed by atoms with Crippen LogP contribution in [0.2, 0.25) is 0 Å². The molecular formula is C22H33N5OS. The molecule has 1 aromatic heterocycles. The van der Waals surface area contributed by atoms with Crippen molar-refractivity contribution in [3.8, 4) is 5.69 Å². The maximum absolute atomic E-state index is 12.5. The van der Waals surface area contributed by atoms with Crippen molar-refractivity contribution in [3.63, 3.8) is 0 Å². The van der Waals surface area contributed by atoms with Crippen LogP contribution in [-0.2, 0) is 4.79 Å². The number of benzene rings is 1. The fourth-order valence-corrected chi connectivity index (χ4v) is 4.51. The minimum Gasteiger partial charge on any atom is -0.354 e. The first-order chi connectivity index (χ1) is 13.9. The lowest BCUT2D eigenvalue weighted by Crippen LogP contribution is -2.49. The molecule has 1 amide bonds. The number of hydrogen-bond acceptors (Lipinski definition) is 5. The Balaban J connectivity index is 1.51. The monoisotopic (exact) mass is 415 g/mol. The van der Waals surface area contributed by atoms with Crippen LogP contribution in [-0.4, -0.2) is 57.0 Å². The highest BCUT2D eigenvalue weighted by Gasteiger charge is 2.26. The van der Waals surface area contributed by atoms with Crippen LogP contribution in [0.5, 0.6) is 0 Å². The number of aromatic nitrogens is 3. The molecule has 0 radical (unpaired) electrons. The molecule has 1 N–H and O–H groups in total. The van der Waals surface area contributed by atoms with Gasteiger partial charge < -0.3 is 5.32 Å². The Kier molecular flexibility index (Phi) is 7.72. The van der Waals surface area contributed by atoms with Crippen molar-refractivity contribution in [1.82, 2.24) is 25.0 Å². The van der Waals surface area contributed by atoms with Crippen molar-refractivity contribution >= 4 is 17.7 Å². The zero-order chi connectivity index (χ0) is 20.8. The van der Waals surface area contributed by atoms with Gasteiger partial charge in [0.25, 0.3) is 0 Å². The van der Waals surface area contributed by atoms with Crippen molar-refractivity contribution in [2.24, 2.45) is 11.8 Å². The maximum atomic E-state index is 12.5. The number of amides is 1. The predicted molar refractivity (Wildman–Crippen MR) is 118 cm³/mol. The molecule has 1 aromatic carbocycles. The molecule has 29 heavy (non-hydrogen) atoms. The summed E-state index contributed by atoms with van der Waals surface area (Å²) in [5.41, 5.74) is 2.21. The van der Waals surface area contributed by atoms with Crippen molar-refractivity contribution in [2.45, 2.75) is 51.7 Å². The normalized spacial score (nSPS) is 16.9. The molecule has 6 nitrogen and oxygen atoms in total. The molecule has 0 spiro atoms. The average Bonchev–Trinajstić information content (AvgIpc) is 3.17. The van der Waals surface area contributed by atoms with E-state index in [4.69, 9.17) is 0 Å². The van der Waals surface area contributed by atoms with Gasteiger partial charge in [-0.1, -0.05) is 50.2 Å². The van der Waals surface area contributed by atoms with Crippen LogP contribution in [0.1, 0.15) is 39.2 Å². The second kappa shape index (κ2) is 10.3. The number of rotatable bonds is 8. The molecule has 0 bridgehead atoms. The summed E-state index contributed by atoms with van der Waals surface area (Å²) in [7, 11) is 0. The van der Waals surface area contributed by atoms with Gasteiger partial charge in [0.15, 0.2) is 5.16 Å². The number of likely N-dealkylation sites (tertiary alicyclic amines) is 1. The minimum atomic E-state index is 0.0458. The van der Waals surface area contributed by atoms with E-state index in [9.17, 15) is 4.79 Å². The quantitative estimate of drug-likeness (QED) is 0.668. The molecule has 1 aliphatic heterocycles. The van der Waals surface area contributed by atoms with E-state index in [0.29, 0.717) is 24.3 Å². The van der Waals surface area contributed by atoms with E-state index in [0.717, 1.165) is 29.9 Å². The Morgan fingerprint density at radius 2 is 1.93 bits per heavy atom. The lowest BCUT2D eigenvalue weighted by molar-refractivity contribution is -0.118. The number of hydrogen-bond donors (Lipinski definition) is 1. The highest BCUT2D eigenvalue weighted by atomic mass is 32.2. The van der Waals surface area contributed by atoms with Gasteiger partial charge in [0.1, 0.15) is 6.33 Å². The van der Waals surface area contributed by atoms with Crippen molar-refractivity contribution in [2.75, 3.05) is 25.4 Å². The molecular weight excluding hydrogens is 382 g/mol. The fraction of sp³-hybridized carbons (Fsp3) is 0.591. The Bertz CT molecular complexity index is 781. The molecule has 0 unspecified atom stereocenters. The highest BCUT2D eigenvalue weighted by molar-refractivity contribution is 7.99. The van der Waals surface area contributed by atoms with Gasteiger partial charge >= 0.3 is 0 Å². The number of nitrogens with one attached hydrogen (secondary N) is 1. The van der Waals surface area contributed by atoms with Crippen LogP contribution in [0.3, 0.4) is 0 Å². The van der Waals surface area contributed by atoms with Crippen LogP contribution in [0.25, 0.3) is 5.69 Å². The lowest BCUT2D eigenvalue weighted by Gasteiger charge is -2.38. The van der Waals surface area contributed by atoms with E-state index in [-0.39, 0.29) is 5.91 Å². The molecule has 1 fully saturated rings. The van der Waals surface area contributed by atoms with E-state index < -0.39 is 0 Å². The van der Waals surface area contributed by atoms with Gasteiger partial charge in [-0.25, -0.2) is 0 Å². The second-order valence-corrected chi connectivity index (χ2v) is 9.38. The van der Waals surface area contributed by atoms with Gasteiger partial charge in [0.2, 0.25) is 5.91 Å². The predicted octanol–water partition coefficient (Wildman–Crippen LogP) is 3.54. The van der Waals surface area contributed by atoms with Crippen molar-refractivity contribution in [1.29, 1.82) is 0 Å². The topological polar surface area (TPSA) is 63.1 Å². The van der Waals surface area contributed by atoms with Gasteiger partial charge in [-0.3, -0.25) is 14.3 Å². The molecule has 1 atom stereocenters. The third kappa shape index (κ3) is 6.06. The molecule has 1 saturated heterocycles. The molecule has 2 aromatic rings. The van der Waals surface area contributed by atoms with E-state index in [1.165, 1.54) is 30.2 Å².